The van der Waals surface area contributed by atoms with Crippen molar-refractivity contribution in [1.82, 2.24) is 14.9 Å². The Morgan fingerprint density at radius 3 is 2.78 bits per heavy atom. The van der Waals surface area contributed by atoms with Crippen molar-refractivity contribution >= 4 is 12.2 Å². The lowest BCUT2D eigenvalue weighted by atomic mass is 10.1. The summed E-state index contributed by atoms with van der Waals surface area (Å²) in [5.74, 6) is -0.248. The van der Waals surface area contributed by atoms with Gasteiger partial charge in [-0.05, 0) is 24.1 Å². The molecule has 8 nitrogen and oxygen atoms in total. The number of nitrogens with zero attached hydrogens (tertiary/aromatic N) is 4. The van der Waals surface area contributed by atoms with Gasteiger partial charge in [0.1, 0.15) is 12.7 Å². The Labute approximate surface area is 132 Å². The third-order valence-corrected chi connectivity index (χ3v) is 2.82. The van der Waals surface area contributed by atoms with Gasteiger partial charge >= 0.3 is 5.97 Å². The Hall–Kier alpha value is -3.16. The normalized spacial score (nSPS) is 10.7. The third-order valence-electron chi connectivity index (χ3n) is 2.82. The molecule has 120 valence electrons. The maximum atomic E-state index is 10.7. The van der Waals surface area contributed by atoms with E-state index in [2.05, 4.69) is 21.9 Å². The molecule has 1 aromatic heterocycles. The molecule has 23 heavy (non-hydrogen) atoms. The Morgan fingerprint density at radius 2 is 2.17 bits per heavy atom. The van der Waals surface area contributed by atoms with Crippen molar-refractivity contribution in [3.8, 4) is 11.5 Å². The van der Waals surface area contributed by atoms with Crippen molar-refractivity contribution in [2.75, 3.05) is 13.7 Å². The van der Waals surface area contributed by atoms with Crippen LogP contribution < -0.4 is 9.47 Å². The summed E-state index contributed by atoms with van der Waals surface area (Å²) in [6.45, 7) is 3.25. The molecule has 0 spiro atoms. The van der Waals surface area contributed by atoms with Gasteiger partial charge < -0.3 is 14.6 Å². The van der Waals surface area contributed by atoms with E-state index in [1.807, 2.05) is 6.07 Å². The number of carboxylic acids is 1. The number of hydrogen-bond donors (Lipinski definition) is 1. The maximum absolute atomic E-state index is 10.7. The van der Waals surface area contributed by atoms with Crippen LogP contribution >= 0.6 is 0 Å². The van der Waals surface area contributed by atoms with Crippen LogP contribution in [0.4, 0.5) is 0 Å². The number of aromatic nitrogens is 3. The molecule has 0 atom stereocenters. The quantitative estimate of drug-likeness (QED) is 0.583. The summed E-state index contributed by atoms with van der Waals surface area (Å²) in [7, 11) is 1.49. The van der Waals surface area contributed by atoms with Crippen molar-refractivity contribution in [3.63, 3.8) is 0 Å². The molecule has 0 unspecified atom stereocenters. The van der Waals surface area contributed by atoms with Crippen molar-refractivity contribution < 1.29 is 19.4 Å². The zero-order chi connectivity index (χ0) is 16.7. The lowest BCUT2D eigenvalue weighted by Gasteiger charge is -2.14. The molecule has 2 aromatic rings. The largest absolute Gasteiger partial charge is 0.493 e. The lowest BCUT2D eigenvalue weighted by Crippen LogP contribution is -2.11. The molecule has 0 aliphatic rings. The summed E-state index contributed by atoms with van der Waals surface area (Å²) in [6.07, 6.45) is 6.73. The van der Waals surface area contributed by atoms with Crippen molar-refractivity contribution in [1.29, 1.82) is 0 Å². The molecule has 0 amide bonds. The Kier molecular flexibility index (Phi) is 5.45. The summed E-state index contributed by atoms with van der Waals surface area (Å²) in [6, 6.07) is 3.53. The average molecular weight is 316 g/mol. The summed E-state index contributed by atoms with van der Waals surface area (Å²) in [5.41, 5.74) is 1.51. The number of aliphatic carboxylic acids is 1. The van der Waals surface area contributed by atoms with Gasteiger partial charge in [0.15, 0.2) is 18.1 Å². The summed E-state index contributed by atoms with van der Waals surface area (Å²) in [5, 5.41) is 20.3. The number of rotatable bonds is 8. The number of hydrogen-bond acceptors (Lipinski definition) is 6. The third kappa shape index (κ3) is 4.40. The van der Waals surface area contributed by atoms with Crippen molar-refractivity contribution in [2.45, 2.75) is 6.42 Å². The number of carbonyl (C=O) groups is 1. The van der Waals surface area contributed by atoms with E-state index in [1.165, 1.54) is 24.4 Å². The molecule has 8 heteroatoms. The van der Waals surface area contributed by atoms with Crippen LogP contribution in [0.5, 0.6) is 11.5 Å². The van der Waals surface area contributed by atoms with Gasteiger partial charge in [0.05, 0.1) is 13.3 Å². The smallest absolute Gasteiger partial charge is 0.341 e. The van der Waals surface area contributed by atoms with Gasteiger partial charge in [0.25, 0.3) is 0 Å². The van der Waals surface area contributed by atoms with Gasteiger partial charge in [-0.3, -0.25) is 0 Å². The van der Waals surface area contributed by atoms with Gasteiger partial charge in [-0.15, -0.1) is 16.8 Å². The highest BCUT2D eigenvalue weighted by molar-refractivity contribution is 5.81. The first kappa shape index (κ1) is 16.2. The molecular weight excluding hydrogens is 300 g/mol. The molecule has 0 saturated heterocycles. The highest BCUT2D eigenvalue weighted by Gasteiger charge is 2.13. The van der Waals surface area contributed by atoms with Crippen LogP contribution in [0, 0.1) is 0 Å². The molecule has 2 rings (SSSR count). The fraction of sp³-hybridized carbons (Fsp3) is 0.200. The van der Waals surface area contributed by atoms with Crippen LogP contribution in [0.3, 0.4) is 0 Å². The van der Waals surface area contributed by atoms with Gasteiger partial charge in [-0.1, -0.05) is 6.08 Å². The van der Waals surface area contributed by atoms with Crippen LogP contribution in [0.2, 0.25) is 0 Å². The van der Waals surface area contributed by atoms with E-state index in [1.54, 1.807) is 18.4 Å². The van der Waals surface area contributed by atoms with Crippen molar-refractivity contribution in [3.05, 3.63) is 48.6 Å². The molecule has 0 aliphatic heterocycles. The number of carboxylic acid groups (broad SMARTS) is 1. The van der Waals surface area contributed by atoms with E-state index in [9.17, 15) is 4.79 Å². The van der Waals surface area contributed by atoms with Crippen molar-refractivity contribution in [2.24, 2.45) is 5.10 Å². The zero-order valence-corrected chi connectivity index (χ0v) is 12.5. The summed E-state index contributed by atoms with van der Waals surface area (Å²) < 4.78 is 12.1. The minimum absolute atomic E-state index is 0.385. The van der Waals surface area contributed by atoms with E-state index in [4.69, 9.17) is 14.6 Å². The van der Waals surface area contributed by atoms with Crippen LogP contribution in [0.1, 0.15) is 11.1 Å². The summed E-state index contributed by atoms with van der Waals surface area (Å²) in [4.78, 5) is 10.7. The predicted molar refractivity (Wildman–Crippen MR) is 83.0 cm³/mol. The molecule has 0 radical (unpaired) electrons. The van der Waals surface area contributed by atoms with Gasteiger partial charge in [0, 0.05) is 5.56 Å². The first-order valence-electron chi connectivity index (χ1n) is 6.69. The SMILES string of the molecule is C=CCc1cc(/C=N/n2cnnc2)cc(OC)c1OCC(=O)O. The highest BCUT2D eigenvalue weighted by atomic mass is 16.5. The topological polar surface area (TPSA) is 98.8 Å². The number of methoxy groups -OCH3 is 1. The second-order valence-corrected chi connectivity index (χ2v) is 4.47. The molecule has 0 bridgehead atoms. The molecule has 0 fully saturated rings. The predicted octanol–water partition coefficient (Wildman–Crippen LogP) is 1.36. The van der Waals surface area contributed by atoms with E-state index < -0.39 is 12.6 Å². The highest BCUT2D eigenvalue weighted by Crippen LogP contribution is 2.33. The Morgan fingerprint density at radius 1 is 1.43 bits per heavy atom. The zero-order valence-electron chi connectivity index (χ0n) is 12.5. The monoisotopic (exact) mass is 316 g/mol. The van der Waals surface area contributed by atoms with E-state index in [0.29, 0.717) is 17.9 Å². The maximum Gasteiger partial charge on any atom is 0.341 e. The minimum Gasteiger partial charge on any atom is -0.493 e. The van der Waals surface area contributed by atoms with Crippen LogP contribution in [-0.2, 0) is 11.2 Å². The number of allylic oxidation sites excluding steroid dienone is 1. The standard InChI is InChI=1S/C15H16N4O4/c1-3-4-12-5-11(7-18-19-9-16-17-10-19)6-13(22-2)15(12)23-8-14(20)21/h3,5-7,9-10H,1,4,8H2,2H3,(H,20,21)/b18-7+. The average Bonchev–Trinajstić information content (AvgIpc) is 3.04. The second-order valence-electron chi connectivity index (χ2n) is 4.47. The molecule has 1 heterocycles. The molecular formula is C15H16N4O4. The lowest BCUT2D eigenvalue weighted by molar-refractivity contribution is -0.139. The van der Waals surface area contributed by atoms with Crippen LogP contribution in [0.15, 0.2) is 42.5 Å². The number of ether oxygens (including phenoxy) is 2. The van der Waals surface area contributed by atoms with E-state index >= 15 is 0 Å². The molecule has 1 aromatic carbocycles. The van der Waals surface area contributed by atoms with E-state index in [0.717, 1.165) is 11.1 Å². The Balaban J connectivity index is 2.35. The second kappa shape index (κ2) is 7.74. The van der Waals surface area contributed by atoms with Gasteiger partial charge in [-0.25, -0.2) is 9.47 Å². The van der Waals surface area contributed by atoms with Gasteiger partial charge in [0.2, 0.25) is 0 Å². The van der Waals surface area contributed by atoms with Crippen LogP contribution in [0.25, 0.3) is 0 Å². The summed E-state index contributed by atoms with van der Waals surface area (Å²) >= 11 is 0. The van der Waals surface area contributed by atoms with Gasteiger partial charge in [-0.2, -0.15) is 5.10 Å². The van der Waals surface area contributed by atoms with E-state index in [-0.39, 0.29) is 0 Å². The fourth-order valence-electron chi connectivity index (χ4n) is 1.90. The molecule has 1 N–H and O–H groups in total. The molecule has 0 saturated carbocycles. The minimum atomic E-state index is -1.06. The Bertz CT molecular complexity index is 711. The first-order chi connectivity index (χ1) is 11.1. The number of benzene rings is 1. The van der Waals surface area contributed by atoms with Crippen LogP contribution in [-0.4, -0.2) is 45.9 Å². The molecule has 0 aliphatic carbocycles. The fourth-order valence-corrected chi connectivity index (χ4v) is 1.90. The first-order valence-corrected chi connectivity index (χ1v) is 6.69.